The van der Waals surface area contributed by atoms with Gasteiger partial charge in [0.15, 0.2) is 0 Å². The van der Waals surface area contributed by atoms with Crippen LogP contribution >= 0.6 is 0 Å². The molecule has 3 unspecified atom stereocenters. The highest BCUT2D eigenvalue weighted by Gasteiger charge is 2.31. The highest BCUT2D eigenvalue weighted by Crippen LogP contribution is 2.27. The predicted octanol–water partition coefficient (Wildman–Crippen LogP) is 1.98. The second-order valence-corrected chi connectivity index (χ2v) is 6.90. The molecule has 0 heterocycles. The predicted molar refractivity (Wildman–Crippen MR) is 84.5 cm³/mol. The zero-order chi connectivity index (χ0) is 15.3. The minimum Gasteiger partial charge on any atom is -0.355 e. The van der Waals surface area contributed by atoms with E-state index in [0.717, 1.165) is 25.8 Å². The Bertz CT molecular complexity index is 296. The number of nitrogens with one attached hydrogen (secondary N) is 1. The SMILES string of the molecule is CC1CCC(N)C(C(=O)NCCN(C(C)C)C(C)C)C1. The van der Waals surface area contributed by atoms with Crippen molar-refractivity contribution in [1.29, 1.82) is 0 Å². The van der Waals surface area contributed by atoms with Gasteiger partial charge in [0.1, 0.15) is 0 Å². The lowest BCUT2D eigenvalue weighted by atomic mass is 9.79. The Hall–Kier alpha value is -0.610. The molecular weight excluding hydrogens is 250 g/mol. The fraction of sp³-hybridized carbons (Fsp3) is 0.938. The van der Waals surface area contributed by atoms with Crippen LogP contribution in [0.3, 0.4) is 0 Å². The lowest BCUT2D eigenvalue weighted by Gasteiger charge is -2.33. The molecule has 0 aromatic heterocycles. The van der Waals surface area contributed by atoms with Crippen molar-refractivity contribution >= 4 is 5.91 Å². The molecule has 4 heteroatoms. The first-order valence-electron chi connectivity index (χ1n) is 8.12. The van der Waals surface area contributed by atoms with Crippen molar-refractivity contribution in [2.45, 2.75) is 72.0 Å². The lowest BCUT2D eigenvalue weighted by molar-refractivity contribution is -0.127. The summed E-state index contributed by atoms with van der Waals surface area (Å²) in [5, 5.41) is 3.08. The molecule has 1 aliphatic rings. The van der Waals surface area contributed by atoms with Crippen LogP contribution in [0.25, 0.3) is 0 Å². The van der Waals surface area contributed by atoms with Crippen molar-refractivity contribution in [2.75, 3.05) is 13.1 Å². The molecule has 0 aliphatic heterocycles. The van der Waals surface area contributed by atoms with Crippen LogP contribution in [0.15, 0.2) is 0 Å². The fourth-order valence-electron chi connectivity index (χ4n) is 3.26. The summed E-state index contributed by atoms with van der Waals surface area (Å²) in [6.07, 6.45) is 3.06. The molecule has 0 bridgehead atoms. The average Bonchev–Trinajstić information content (AvgIpc) is 2.36. The Balaban J connectivity index is 2.39. The number of rotatable bonds is 6. The molecule has 1 rings (SSSR count). The summed E-state index contributed by atoms with van der Waals surface area (Å²) < 4.78 is 0. The third-order valence-electron chi connectivity index (χ3n) is 4.50. The van der Waals surface area contributed by atoms with Gasteiger partial charge < -0.3 is 11.1 Å². The summed E-state index contributed by atoms with van der Waals surface area (Å²) >= 11 is 0. The average molecular weight is 283 g/mol. The molecule has 1 aliphatic carbocycles. The van der Waals surface area contributed by atoms with E-state index in [9.17, 15) is 4.79 Å². The number of amides is 1. The van der Waals surface area contributed by atoms with Crippen molar-refractivity contribution in [3.63, 3.8) is 0 Å². The summed E-state index contributed by atoms with van der Waals surface area (Å²) in [7, 11) is 0. The van der Waals surface area contributed by atoms with Gasteiger partial charge in [-0.25, -0.2) is 0 Å². The smallest absolute Gasteiger partial charge is 0.224 e. The first-order chi connectivity index (χ1) is 9.32. The molecule has 1 saturated carbocycles. The van der Waals surface area contributed by atoms with Crippen molar-refractivity contribution < 1.29 is 4.79 Å². The van der Waals surface area contributed by atoms with E-state index in [4.69, 9.17) is 5.73 Å². The van der Waals surface area contributed by atoms with E-state index >= 15 is 0 Å². The Morgan fingerprint density at radius 2 is 1.85 bits per heavy atom. The van der Waals surface area contributed by atoms with Gasteiger partial charge in [0.25, 0.3) is 0 Å². The van der Waals surface area contributed by atoms with Crippen LogP contribution in [0, 0.1) is 11.8 Å². The van der Waals surface area contributed by atoms with Gasteiger partial charge in [0.05, 0.1) is 5.92 Å². The Kier molecular flexibility index (Phi) is 6.96. The van der Waals surface area contributed by atoms with Gasteiger partial charge in [0, 0.05) is 31.2 Å². The van der Waals surface area contributed by atoms with E-state index in [1.807, 2.05) is 0 Å². The number of hydrogen-bond acceptors (Lipinski definition) is 3. The Labute approximate surface area is 124 Å². The standard InChI is InChI=1S/C16H33N3O/c1-11(2)19(12(3)4)9-8-18-16(20)14-10-13(5)6-7-15(14)17/h11-15H,6-10,17H2,1-5H3,(H,18,20). The number of hydrogen-bond donors (Lipinski definition) is 2. The van der Waals surface area contributed by atoms with Gasteiger partial charge in [0.2, 0.25) is 5.91 Å². The summed E-state index contributed by atoms with van der Waals surface area (Å²) in [6, 6.07) is 1.05. The minimum absolute atomic E-state index is 0.00491. The van der Waals surface area contributed by atoms with Crippen molar-refractivity contribution in [2.24, 2.45) is 17.6 Å². The molecule has 20 heavy (non-hydrogen) atoms. The zero-order valence-electron chi connectivity index (χ0n) is 13.9. The summed E-state index contributed by atoms with van der Waals surface area (Å²) in [5.41, 5.74) is 6.10. The van der Waals surface area contributed by atoms with E-state index < -0.39 is 0 Å². The molecule has 3 N–H and O–H groups in total. The third kappa shape index (κ3) is 5.06. The number of carbonyl (C=O) groups excluding carboxylic acids is 1. The second kappa shape index (κ2) is 7.99. The maximum Gasteiger partial charge on any atom is 0.224 e. The van der Waals surface area contributed by atoms with Gasteiger partial charge >= 0.3 is 0 Å². The van der Waals surface area contributed by atoms with Gasteiger partial charge in [-0.15, -0.1) is 0 Å². The van der Waals surface area contributed by atoms with Crippen LogP contribution in [0.5, 0.6) is 0 Å². The third-order valence-corrected chi connectivity index (χ3v) is 4.50. The van der Waals surface area contributed by atoms with E-state index in [-0.39, 0.29) is 17.9 Å². The molecule has 3 atom stereocenters. The number of carbonyl (C=O) groups is 1. The van der Waals surface area contributed by atoms with E-state index in [1.165, 1.54) is 0 Å². The van der Waals surface area contributed by atoms with Crippen molar-refractivity contribution in [3.8, 4) is 0 Å². The zero-order valence-corrected chi connectivity index (χ0v) is 13.9. The first-order valence-corrected chi connectivity index (χ1v) is 8.12. The summed E-state index contributed by atoms with van der Waals surface area (Å²) in [5.74, 6) is 0.773. The maximum atomic E-state index is 12.3. The second-order valence-electron chi connectivity index (χ2n) is 6.90. The quantitative estimate of drug-likeness (QED) is 0.784. The van der Waals surface area contributed by atoms with Gasteiger partial charge in [-0.1, -0.05) is 6.92 Å². The minimum atomic E-state index is 0.00491. The normalized spacial score (nSPS) is 27.4. The monoisotopic (exact) mass is 283 g/mol. The van der Waals surface area contributed by atoms with Crippen LogP contribution in [-0.4, -0.2) is 42.0 Å². The number of nitrogens with two attached hydrogens (primary N) is 1. The van der Waals surface area contributed by atoms with Crippen molar-refractivity contribution in [3.05, 3.63) is 0 Å². The largest absolute Gasteiger partial charge is 0.355 e. The van der Waals surface area contributed by atoms with E-state index in [0.29, 0.717) is 24.5 Å². The highest BCUT2D eigenvalue weighted by molar-refractivity contribution is 5.79. The first kappa shape index (κ1) is 17.4. The van der Waals surface area contributed by atoms with E-state index in [2.05, 4.69) is 44.8 Å². The Morgan fingerprint density at radius 1 is 1.25 bits per heavy atom. The molecule has 0 saturated heterocycles. The van der Waals surface area contributed by atoms with Crippen LogP contribution in [0.4, 0.5) is 0 Å². The van der Waals surface area contributed by atoms with Crippen LogP contribution in [0.2, 0.25) is 0 Å². The van der Waals surface area contributed by atoms with Gasteiger partial charge in [-0.3, -0.25) is 9.69 Å². The molecule has 4 nitrogen and oxygen atoms in total. The maximum absolute atomic E-state index is 12.3. The molecule has 118 valence electrons. The summed E-state index contributed by atoms with van der Waals surface area (Å²) in [4.78, 5) is 14.7. The fourth-order valence-corrected chi connectivity index (χ4v) is 3.26. The van der Waals surface area contributed by atoms with Gasteiger partial charge in [-0.05, 0) is 52.9 Å². The lowest BCUT2D eigenvalue weighted by Crippen LogP contribution is -2.48. The highest BCUT2D eigenvalue weighted by atomic mass is 16.1. The molecule has 0 spiro atoms. The van der Waals surface area contributed by atoms with Crippen LogP contribution in [0.1, 0.15) is 53.9 Å². The molecule has 1 fully saturated rings. The Morgan fingerprint density at radius 3 is 2.40 bits per heavy atom. The molecule has 0 aromatic rings. The van der Waals surface area contributed by atoms with Crippen LogP contribution in [-0.2, 0) is 4.79 Å². The van der Waals surface area contributed by atoms with E-state index in [1.54, 1.807) is 0 Å². The van der Waals surface area contributed by atoms with Crippen molar-refractivity contribution in [1.82, 2.24) is 10.2 Å². The van der Waals surface area contributed by atoms with Gasteiger partial charge in [-0.2, -0.15) is 0 Å². The molecule has 1 amide bonds. The van der Waals surface area contributed by atoms with Crippen LogP contribution < -0.4 is 11.1 Å². The molecule has 0 aromatic carbocycles. The molecular formula is C16H33N3O. The topological polar surface area (TPSA) is 58.4 Å². The molecule has 0 radical (unpaired) electrons. The number of nitrogens with zero attached hydrogens (tertiary/aromatic N) is 1. The summed E-state index contributed by atoms with van der Waals surface area (Å²) in [6.45, 7) is 12.6.